The topological polar surface area (TPSA) is 91.7 Å². The quantitative estimate of drug-likeness (QED) is 0.657. The lowest BCUT2D eigenvalue weighted by Crippen LogP contribution is -2.36. The molecule has 0 fully saturated rings. The van der Waals surface area contributed by atoms with Gasteiger partial charge in [0.25, 0.3) is 0 Å². The van der Waals surface area contributed by atoms with Crippen LogP contribution in [0, 0.1) is 5.92 Å². The van der Waals surface area contributed by atoms with Gasteiger partial charge in [0.05, 0.1) is 5.75 Å². The molecule has 1 atom stereocenters. The summed E-state index contributed by atoms with van der Waals surface area (Å²) in [5, 5.41) is 15.8. The Labute approximate surface area is 83.7 Å². The third kappa shape index (κ3) is 3.63. The Morgan fingerprint density at radius 1 is 1.36 bits per heavy atom. The van der Waals surface area contributed by atoms with Gasteiger partial charge in [0.15, 0.2) is 15.1 Å². The zero-order chi connectivity index (χ0) is 11.4. The average molecular weight is 224 g/mol. The first-order chi connectivity index (χ1) is 6.33. The van der Waals surface area contributed by atoms with E-state index in [4.69, 9.17) is 10.2 Å². The molecule has 0 bridgehead atoms. The van der Waals surface area contributed by atoms with Gasteiger partial charge < -0.3 is 10.2 Å². The molecule has 0 spiro atoms. The lowest BCUT2D eigenvalue weighted by atomic mass is 10.1. The van der Waals surface area contributed by atoms with Crippen LogP contribution in [0.25, 0.3) is 0 Å². The second-order valence-electron chi connectivity index (χ2n) is 3.45. The molecule has 0 aromatic rings. The van der Waals surface area contributed by atoms with Crippen LogP contribution in [0.3, 0.4) is 0 Å². The Hall–Kier alpha value is -0.620. The van der Waals surface area contributed by atoms with E-state index in [2.05, 4.69) is 0 Å². The highest BCUT2D eigenvalue weighted by Gasteiger charge is 2.34. The molecule has 6 heteroatoms. The number of carboxylic acid groups (broad SMARTS) is 1. The monoisotopic (exact) mass is 224 g/mol. The van der Waals surface area contributed by atoms with E-state index < -0.39 is 27.0 Å². The Kier molecular flexibility index (Phi) is 5.07. The Morgan fingerprint density at radius 3 is 2.14 bits per heavy atom. The summed E-state index contributed by atoms with van der Waals surface area (Å²) in [7, 11) is -3.64. The molecule has 0 rings (SSSR count). The molecule has 5 nitrogen and oxygen atoms in total. The SMILES string of the molecule is CC(C)C(C(=O)O)S(=O)(=O)CCCO. The number of hydrogen-bond donors (Lipinski definition) is 2. The number of hydrogen-bond acceptors (Lipinski definition) is 4. The lowest BCUT2D eigenvalue weighted by molar-refractivity contribution is -0.137. The van der Waals surface area contributed by atoms with Crippen LogP contribution >= 0.6 is 0 Å². The summed E-state index contributed by atoms with van der Waals surface area (Å²) in [6.07, 6.45) is 0.0822. The van der Waals surface area contributed by atoms with Gasteiger partial charge in [-0.25, -0.2) is 8.42 Å². The molecule has 0 aromatic heterocycles. The van der Waals surface area contributed by atoms with Crippen LogP contribution in [0.15, 0.2) is 0 Å². The van der Waals surface area contributed by atoms with Gasteiger partial charge in [-0.1, -0.05) is 13.8 Å². The number of carboxylic acids is 1. The van der Waals surface area contributed by atoms with Gasteiger partial charge >= 0.3 is 5.97 Å². The van der Waals surface area contributed by atoms with Crippen molar-refractivity contribution in [1.82, 2.24) is 0 Å². The van der Waals surface area contributed by atoms with Gasteiger partial charge in [-0.3, -0.25) is 4.79 Å². The fourth-order valence-electron chi connectivity index (χ4n) is 1.25. The largest absolute Gasteiger partial charge is 0.480 e. The molecule has 0 radical (unpaired) electrons. The zero-order valence-corrected chi connectivity index (χ0v) is 9.12. The Bertz CT molecular complexity index is 280. The van der Waals surface area contributed by atoms with Gasteiger partial charge in [0.2, 0.25) is 0 Å². The molecule has 84 valence electrons. The van der Waals surface area contributed by atoms with E-state index in [-0.39, 0.29) is 18.8 Å². The third-order valence-corrected chi connectivity index (χ3v) is 4.20. The summed E-state index contributed by atoms with van der Waals surface area (Å²) in [5.41, 5.74) is 0. The van der Waals surface area contributed by atoms with Crippen LogP contribution in [0.1, 0.15) is 20.3 Å². The predicted octanol–water partition coefficient (Wildman–Crippen LogP) is -0.107. The van der Waals surface area contributed by atoms with Gasteiger partial charge in [-0.2, -0.15) is 0 Å². The van der Waals surface area contributed by atoms with Crippen LogP contribution in [0.2, 0.25) is 0 Å². The number of aliphatic hydroxyl groups is 1. The first kappa shape index (κ1) is 13.4. The Morgan fingerprint density at radius 2 is 1.86 bits per heavy atom. The highest BCUT2D eigenvalue weighted by molar-refractivity contribution is 7.92. The molecule has 2 N–H and O–H groups in total. The molecule has 0 heterocycles. The van der Waals surface area contributed by atoms with E-state index in [1.165, 1.54) is 0 Å². The van der Waals surface area contributed by atoms with Crippen molar-refractivity contribution in [2.24, 2.45) is 5.92 Å². The molecule has 14 heavy (non-hydrogen) atoms. The summed E-state index contributed by atoms with van der Waals surface area (Å²) in [5.74, 6) is -2.06. The minimum Gasteiger partial charge on any atom is -0.480 e. The van der Waals surface area contributed by atoms with Crippen LogP contribution in [0.5, 0.6) is 0 Å². The summed E-state index contributed by atoms with van der Waals surface area (Å²) < 4.78 is 23.0. The van der Waals surface area contributed by atoms with Crippen molar-refractivity contribution in [3.63, 3.8) is 0 Å². The van der Waals surface area contributed by atoms with Crippen molar-refractivity contribution < 1.29 is 23.4 Å². The fraction of sp³-hybridized carbons (Fsp3) is 0.875. The molecule has 0 aliphatic heterocycles. The molecule has 0 amide bonds. The standard InChI is InChI=1S/C8H16O5S/c1-6(2)7(8(10)11)14(12,13)5-3-4-9/h6-7,9H,3-5H2,1-2H3,(H,10,11). The summed E-state index contributed by atoms with van der Waals surface area (Å²) in [6.45, 7) is 2.86. The first-order valence-corrected chi connectivity index (χ1v) is 6.09. The van der Waals surface area contributed by atoms with E-state index in [0.717, 1.165) is 0 Å². The maximum atomic E-state index is 11.5. The highest BCUT2D eigenvalue weighted by atomic mass is 32.2. The maximum absolute atomic E-state index is 11.5. The molecule has 1 unspecified atom stereocenters. The van der Waals surface area contributed by atoms with Gasteiger partial charge in [-0.05, 0) is 12.3 Å². The summed E-state index contributed by atoms with van der Waals surface area (Å²) in [6, 6.07) is 0. The number of aliphatic carboxylic acids is 1. The number of sulfone groups is 1. The number of aliphatic hydroxyl groups excluding tert-OH is 1. The van der Waals surface area contributed by atoms with Gasteiger partial charge in [0, 0.05) is 6.61 Å². The minimum absolute atomic E-state index is 0.0822. The van der Waals surface area contributed by atoms with Crippen LogP contribution < -0.4 is 0 Å². The van der Waals surface area contributed by atoms with Crippen LogP contribution in [0.4, 0.5) is 0 Å². The van der Waals surface area contributed by atoms with Gasteiger partial charge in [-0.15, -0.1) is 0 Å². The smallest absolute Gasteiger partial charge is 0.322 e. The molecule has 0 aromatic carbocycles. The predicted molar refractivity (Wildman–Crippen MR) is 51.8 cm³/mol. The highest BCUT2D eigenvalue weighted by Crippen LogP contribution is 2.14. The van der Waals surface area contributed by atoms with Crippen molar-refractivity contribution in [1.29, 1.82) is 0 Å². The third-order valence-electron chi connectivity index (χ3n) is 1.82. The average Bonchev–Trinajstić information content (AvgIpc) is 1.98. The molecule has 0 saturated heterocycles. The minimum atomic E-state index is -3.64. The number of rotatable bonds is 6. The van der Waals surface area contributed by atoms with Crippen LogP contribution in [-0.2, 0) is 14.6 Å². The van der Waals surface area contributed by atoms with Crippen molar-refractivity contribution in [3.8, 4) is 0 Å². The lowest BCUT2D eigenvalue weighted by Gasteiger charge is -2.16. The Balaban J connectivity index is 4.74. The van der Waals surface area contributed by atoms with E-state index in [1.54, 1.807) is 13.8 Å². The maximum Gasteiger partial charge on any atom is 0.322 e. The van der Waals surface area contributed by atoms with E-state index in [0.29, 0.717) is 0 Å². The second kappa shape index (κ2) is 5.31. The normalized spacial score (nSPS) is 14.3. The van der Waals surface area contributed by atoms with E-state index in [1.807, 2.05) is 0 Å². The van der Waals surface area contributed by atoms with Gasteiger partial charge in [0.1, 0.15) is 0 Å². The zero-order valence-electron chi connectivity index (χ0n) is 8.30. The van der Waals surface area contributed by atoms with Crippen molar-refractivity contribution in [2.75, 3.05) is 12.4 Å². The fourth-order valence-corrected chi connectivity index (χ4v) is 3.17. The molecular weight excluding hydrogens is 208 g/mol. The molecule has 0 aliphatic carbocycles. The molecule has 0 aliphatic rings. The second-order valence-corrected chi connectivity index (χ2v) is 5.69. The van der Waals surface area contributed by atoms with Crippen molar-refractivity contribution in [3.05, 3.63) is 0 Å². The van der Waals surface area contributed by atoms with Crippen molar-refractivity contribution in [2.45, 2.75) is 25.5 Å². The summed E-state index contributed by atoms with van der Waals surface area (Å²) in [4.78, 5) is 10.7. The first-order valence-electron chi connectivity index (χ1n) is 4.38. The van der Waals surface area contributed by atoms with E-state index in [9.17, 15) is 13.2 Å². The molecule has 0 saturated carbocycles. The van der Waals surface area contributed by atoms with Crippen LogP contribution in [-0.4, -0.2) is 42.2 Å². The van der Waals surface area contributed by atoms with Crippen molar-refractivity contribution >= 4 is 15.8 Å². The molecular formula is C8H16O5S. The van der Waals surface area contributed by atoms with E-state index >= 15 is 0 Å². The summed E-state index contributed by atoms with van der Waals surface area (Å²) >= 11 is 0. The number of carbonyl (C=O) groups is 1.